The number of benzene rings is 2. The molecule has 0 amide bonds. The van der Waals surface area contributed by atoms with Crippen LogP contribution < -0.4 is 5.32 Å². The van der Waals surface area contributed by atoms with Gasteiger partial charge in [0.25, 0.3) is 0 Å². The van der Waals surface area contributed by atoms with Gasteiger partial charge in [0.05, 0.1) is 6.10 Å². The Hall–Kier alpha value is -1.80. The lowest BCUT2D eigenvalue weighted by atomic mass is 10.0. The first-order chi connectivity index (χ1) is 9.47. The van der Waals surface area contributed by atoms with Gasteiger partial charge in [0.2, 0.25) is 0 Å². The fourth-order valence-corrected chi connectivity index (χ4v) is 2.45. The topological polar surface area (TPSA) is 32.3 Å². The van der Waals surface area contributed by atoms with Gasteiger partial charge in [-0.25, -0.2) is 0 Å². The van der Waals surface area contributed by atoms with Crippen molar-refractivity contribution in [2.45, 2.75) is 33.8 Å². The molecule has 2 rings (SSSR count). The average molecular weight is 269 g/mol. The summed E-state index contributed by atoms with van der Waals surface area (Å²) < 4.78 is 0. The second-order valence-corrected chi connectivity index (χ2v) is 5.58. The summed E-state index contributed by atoms with van der Waals surface area (Å²) in [5.41, 5.74) is 6.85. The number of nitrogens with one attached hydrogen (secondary N) is 1. The van der Waals surface area contributed by atoms with E-state index in [0.717, 1.165) is 16.8 Å². The van der Waals surface area contributed by atoms with Gasteiger partial charge in [0.1, 0.15) is 0 Å². The molecule has 2 heteroatoms. The Morgan fingerprint density at radius 1 is 0.900 bits per heavy atom. The molecule has 2 aromatic carbocycles. The molecule has 2 N–H and O–H groups in total. The summed E-state index contributed by atoms with van der Waals surface area (Å²) >= 11 is 0. The molecular weight excluding hydrogens is 246 g/mol. The van der Waals surface area contributed by atoms with Gasteiger partial charge in [0, 0.05) is 12.2 Å². The van der Waals surface area contributed by atoms with Crippen LogP contribution in [0.3, 0.4) is 0 Å². The molecule has 2 nitrogen and oxygen atoms in total. The van der Waals surface area contributed by atoms with Crippen LogP contribution in [0.4, 0.5) is 5.69 Å². The van der Waals surface area contributed by atoms with Crippen molar-refractivity contribution in [3.63, 3.8) is 0 Å². The maximum Gasteiger partial charge on any atom is 0.0964 e. The molecule has 0 spiro atoms. The summed E-state index contributed by atoms with van der Waals surface area (Å²) in [7, 11) is 0. The molecule has 0 saturated heterocycles. The maximum absolute atomic E-state index is 10.4. The summed E-state index contributed by atoms with van der Waals surface area (Å²) in [4.78, 5) is 0. The lowest BCUT2D eigenvalue weighted by Gasteiger charge is -2.17. The number of rotatable bonds is 4. The first-order valence-corrected chi connectivity index (χ1v) is 7.03. The Morgan fingerprint density at radius 3 is 2.25 bits per heavy atom. The Bertz CT molecular complexity index is 604. The van der Waals surface area contributed by atoms with Crippen molar-refractivity contribution >= 4 is 5.69 Å². The van der Waals surface area contributed by atoms with Crippen LogP contribution in [0, 0.1) is 27.7 Å². The third-order valence-corrected chi connectivity index (χ3v) is 3.66. The predicted molar refractivity (Wildman–Crippen MR) is 85.3 cm³/mol. The SMILES string of the molecule is Cc1ccc(NCC(O)c2cc(C)ccc2C)c(C)c1. The molecule has 0 aliphatic heterocycles. The van der Waals surface area contributed by atoms with Gasteiger partial charge in [-0.2, -0.15) is 0 Å². The van der Waals surface area contributed by atoms with Crippen molar-refractivity contribution in [3.05, 3.63) is 64.2 Å². The summed E-state index contributed by atoms with van der Waals surface area (Å²) in [6, 6.07) is 12.5. The lowest BCUT2D eigenvalue weighted by molar-refractivity contribution is 0.191. The third kappa shape index (κ3) is 3.40. The highest BCUT2D eigenvalue weighted by molar-refractivity contribution is 5.52. The second-order valence-electron chi connectivity index (χ2n) is 5.58. The van der Waals surface area contributed by atoms with E-state index >= 15 is 0 Å². The molecule has 2 aromatic rings. The molecule has 106 valence electrons. The summed E-state index contributed by atoms with van der Waals surface area (Å²) in [6.07, 6.45) is -0.490. The lowest BCUT2D eigenvalue weighted by Crippen LogP contribution is -2.14. The van der Waals surface area contributed by atoms with Crippen molar-refractivity contribution in [2.75, 3.05) is 11.9 Å². The Balaban J connectivity index is 2.08. The van der Waals surface area contributed by atoms with Crippen molar-refractivity contribution < 1.29 is 5.11 Å². The van der Waals surface area contributed by atoms with Gasteiger partial charge in [-0.1, -0.05) is 41.5 Å². The average Bonchev–Trinajstić information content (AvgIpc) is 2.40. The molecular formula is C18H23NO. The van der Waals surface area contributed by atoms with Crippen LogP contribution in [0.15, 0.2) is 36.4 Å². The molecule has 0 fully saturated rings. The van der Waals surface area contributed by atoms with E-state index in [4.69, 9.17) is 0 Å². The van der Waals surface area contributed by atoms with Crippen LogP contribution in [0.2, 0.25) is 0 Å². The fourth-order valence-electron chi connectivity index (χ4n) is 2.45. The minimum atomic E-state index is -0.490. The highest BCUT2D eigenvalue weighted by Crippen LogP contribution is 2.21. The van der Waals surface area contributed by atoms with E-state index in [2.05, 4.69) is 55.6 Å². The van der Waals surface area contributed by atoms with Crippen molar-refractivity contribution in [1.82, 2.24) is 0 Å². The van der Waals surface area contributed by atoms with Crippen molar-refractivity contribution in [3.8, 4) is 0 Å². The number of aliphatic hydroxyl groups is 1. The van der Waals surface area contributed by atoms with Crippen LogP contribution >= 0.6 is 0 Å². The van der Waals surface area contributed by atoms with E-state index < -0.39 is 6.10 Å². The number of anilines is 1. The number of hydrogen-bond acceptors (Lipinski definition) is 2. The van der Waals surface area contributed by atoms with E-state index in [0.29, 0.717) is 6.54 Å². The van der Waals surface area contributed by atoms with Gasteiger partial charge in [-0.15, -0.1) is 0 Å². The summed E-state index contributed by atoms with van der Waals surface area (Å²) in [6.45, 7) is 8.78. The highest BCUT2D eigenvalue weighted by atomic mass is 16.3. The van der Waals surface area contributed by atoms with Gasteiger partial charge < -0.3 is 10.4 Å². The van der Waals surface area contributed by atoms with Crippen LogP contribution in [-0.4, -0.2) is 11.7 Å². The van der Waals surface area contributed by atoms with E-state index in [9.17, 15) is 5.11 Å². The molecule has 0 aromatic heterocycles. The molecule has 20 heavy (non-hydrogen) atoms. The number of aryl methyl sites for hydroxylation is 4. The highest BCUT2D eigenvalue weighted by Gasteiger charge is 2.11. The largest absolute Gasteiger partial charge is 0.387 e. The Kier molecular flexibility index (Phi) is 4.46. The van der Waals surface area contributed by atoms with Crippen LogP contribution in [-0.2, 0) is 0 Å². The van der Waals surface area contributed by atoms with E-state index in [1.165, 1.54) is 16.7 Å². The standard InChI is InChI=1S/C18H23NO/c1-12-6-8-17(15(4)9-12)19-11-18(20)16-10-13(2)5-7-14(16)3/h5-10,18-20H,11H2,1-4H3. The molecule has 1 atom stereocenters. The quantitative estimate of drug-likeness (QED) is 0.877. The zero-order valence-electron chi connectivity index (χ0n) is 12.7. The van der Waals surface area contributed by atoms with Crippen molar-refractivity contribution in [1.29, 1.82) is 0 Å². The molecule has 0 heterocycles. The zero-order chi connectivity index (χ0) is 14.7. The molecule has 0 aliphatic rings. The summed E-state index contributed by atoms with van der Waals surface area (Å²) in [5, 5.41) is 13.7. The number of aliphatic hydroxyl groups excluding tert-OH is 1. The van der Waals surface area contributed by atoms with Crippen LogP contribution in [0.5, 0.6) is 0 Å². The molecule has 1 unspecified atom stereocenters. The zero-order valence-corrected chi connectivity index (χ0v) is 12.7. The molecule has 0 radical (unpaired) electrons. The predicted octanol–water partition coefficient (Wildman–Crippen LogP) is 4.07. The Labute approximate surface area is 121 Å². The van der Waals surface area contributed by atoms with Gasteiger partial charge in [0.15, 0.2) is 0 Å². The van der Waals surface area contributed by atoms with Gasteiger partial charge >= 0.3 is 0 Å². The first-order valence-electron chi connectivity index (χ1n) is 7.03. The minimum Gasteiger partial charge on any atom is -0.387 e. The second kappa shape index (κ2) is 6.10. The normalized spacial score (nSPS) is 12.2. The van der Waals surface area contributed by atoms with E-state index in [1.807, 2.05) is 13.8 Å². The van der Waals surface area contributed by atoms with Crippen molar-refractivity contribution in [2.24, 2.45) is 0 Å². The molecule has 0 aliphatic carbocycles. The van der Waals surface area contributed by atoms with Crippen LogP contribution in [0.1, 0.15) is 33.9 Å². The first kappa shape index (κ1) is 14.6. The van der Waals surface area contributed by atoms with E-state index in [1.54, 1.807) is 0 Å². The molecule has 0 bridgehead atoms. The smallest absolute Gasteiger partial charge is 0.0964 e. The van der Waals surface area contributed by atoms with E-state index in [-0.39, 0.29) is 0 Å². The summed E-state index contributed by atoms with van der Waals surface area (Å²) in [5.74, 6) is 0. The monoisotopic (exact) mass is 269 g/mol. The fraction of sp³-hybridized carbons (Fsp3) is 0.333. The van der Waals surface area contributed by atoms with Crippen LogP contribution in [0.25, 0.3) is 0 Å². The third-order valence-electron chi connectivity index (χ3n) is 3.66. The maximum atomic E-state index is 10.4. The molecule has 0 saturated carbocycles. The van der Waals surface area contributed by atoms with Gasteiger partial charge in [-0.05, 0) is 50.5 Å². The number of hydrogen-bond donors (Lipinski definition) is 2. The van der Waals surface area contributed by atoms with Gasteiger partial charge in [-0.3, -0.25) is 0 Å². The Morgan fingerprint density at radius 2 is 1.55 bits per heavy atom. The minimum absolute atomic E-state index is 0.490.